The minimum atomic E-state index is -0.656. The van der Waals surface area contributed by atoms with E-state index in [2.05, 4.69) is 5.32 Å². The number of thiophene rings is 1. The van der Waals surface area contributed by atoms with Crippen LogP contribution >= 0.6 is 11.3 Å². The van der Waals surface area contributed by atoms with Crippen LogP contribution in [-0.2, 0) is 15.7 Å². The van der Waals surface area contributed by atoms with E-state index in [-0.39, 0.29) is 11.5 Å². The Balaban J connectivity index is 1.55. The number of hydrogen-bond acceptors (Lipinski definition) is 5. The van der Waals surface area contributed by atoms with E-state index >= 15 is 0 Å². The average Bonchev–Trinajstić information content (AvgIpc) is 3.20. The zero-order chi connectivity index (χ0) is 22.1. The lowest BCUT2D eigenvalue weighted by atomic mass is 9.79. The third-order valence-electron chi connectivity index (χ3n) is 6.26. The molecule has 2 aliphatic rings. The van der Waals surface area contributed by atoms with Crippen molar-refractivity contribution in [2.45, 2.75) is 59.2 Å². The molecule has 1 amide bonds. The molecule has 4 rings (SSSR count). The van der Waals surface area contributed by atoms with E-state index in [0.29, 0.717) is 22.3 Å². The number of nitrogens with one attached hydrogen (secondary N) is 1. The molecule has 0 atom stereocenters. The molecule has 158 valence electrons. The molecule has 30 heavy (non-hydrogen) atoms. The smallest absolute Gasteiger partial charge is 0.399 e. The summed E-state index contributed by atoms with van der Waals surface area (Å²) in [5, 5.41) is 2.63. The second-order valence-corrected chi connectivity index (χ2v) is 10.8. The number of ketones is 1. The van der Waals surface area contributed by atoms with Crippen molar-refractivity contribution >= 4 is 41.3 Å². The molecule has 1 N–H and O–H groups in total. The number of fused-ring (bicyclic) bond motifs is 1. The lowest BCUT2D eigenvalue weighted by molar-refractivity contribution is 0.00578. The summed E-state index contributed by atoms with van der Waals surface area (Å²) < 4.78 is 26.4. The van der Waals surface area contributed by atoms with Gasteiger partial charge in [-0.15, -0.1) is 11.3 Å². The standard InChI is InChI=1S/C22H25BFNO4S/c1-20(2)11-17-13(18(20)26)10-16(30-17)19(27)25-15-9-12(7-8-14(15)24)23-28-21(3,4)22(5,6)29-23/h7-10H,11H2,1-6H3,(H,25,27). The van der Waals surface area contributed by atoms with Crippen LogP contribution < -0.4 is 10.8 Å². The van der Waals surface area contributed by atoms with Gasteiger partial charge in [0.25, 0.3) is 5.91 Å². The minimum absolute atomic E-state index is 0.0433. The molecule has 2 heterocycles. The van der Waals surface area contributed by atoms with E-state index in [1.807, 2.05) is 41.5 Å². The van der Waals surface area contributed by atoms with E-state index in [4.69, 9.17) is 9.31 Å². The minimum Gasteiger partial charge on any atom is -0.399 e. The van der Waals surface area contributed by atoms with Crippen LogP contribution in [0.5, 0.6) is 0 Å². The first-order chi connectivity index (χ1) is 13.8. The van der Waals surface area contributed by atoms with E-state index in [1.165, 1.54) is 23.5 Å². The van der Waals surface area contributed by atoms with Gasteiger partial charge in [-0.05, 0) is 57.8 Å². The normalized spacial score (nSPS) is 21.0. The van der Waals surface area contributed by atoms with Gasteiger partial charge >= 0.3 is 7.12 Å². The predicted octanol–water partition coefficient (Wildman–Crippen LogP) is 4.20. The Morgan fingerprint density at radius 2 is 1.73 bits per heavy atom. The molecule has 0 bridgehead atoms. The highest BCUT2D eigenvalue weighted by atomic mass is 32.1. The summed E-state index contributed by atoms with van der Waals surface area (Å²) in [6.07, 6.45) is 0.616. The average molecular weight is 429 g/mol. The van der Waals surface area contributed by atoms with Crippen LogP contribution in [0, 0.1) is 11.2 Å². The first-order valence-corrected chi connectivity index (χ1v) is 10.8. The van der Waals surface area contributed by atoms with Gasteiger partial charge in [-0.2, -0.15) is 0 Å². The summed E-state index contributed by atoms with van der Waals surface area (Å²) >= 11 is 1.29. The molecular formula is C22H25BFNO4S. The Labute approximate surface area is 180 Å². The van der Waals surface area contributed by atoms with E-state index < -0.39 is 35.5 Å². The van der Waals surface area contributed by atoms with Gasteiger partial charge in [-0.1, -0.05) is 19.9 Å². The number of carbonyl (C=O) groups excluding carboxylic acids is 2. The van der Waals surface area contributed by atoms with Gasteiger partial charge in [0.15, 0.2) is 5.78 Å². The second-order valence-electron chi connectivity index (χ2n) is 9.62. The van der Waals surface area contributed by atoms with Crippen molar-refractivity contribution in [3.05, 3.63) is 45.4 Å². The first kappa shape index (κ1) is 21.2. The molecule has 5 nitrogen and oxygen atoms in total. The molecule has 1 aromatic carbocycles. The molecule has 0 unspecified atom stereocenters. The Morgan fingerprint density at radius 3 is 2.33 bits per heavy atom. The van der Waals surface area contributed by atoms with Crippen LogP contribution in [0.1, 0.15) is 66.4 Å². The Bertz CT molecular complexity index is 1040. The summed E-state index contributed by atoms with van der Waals surface area (Å²) in [6, 6.07) is 6.03. The van der Waals surface area contributed by atoms with Crippen LogP contribution in [-0.4, -0.2) is 30.0 Å². The molecule has 1 aromatic heterocycles. The van der Waals surface area contributed by atoms with Crippen molar-refractivity contribution in [1.29, 1.82) is 0 Å². The van der Waals surface area contributed by atoms with Gasteiger partial charge in [0, 0.05) is 15.9 Å². The van der Waals surface area contributed by atoms with Crippen molar-refractivity contribution in [1.82, 2.24) is 0 Å². The molecule has 8 heteroatoms. The van der Waals surface area contributed by atoms with Crippen LogP contribution in [0.3, 0.4) is 0 Å². The number of amides is 1. The predicted molar refractivity (Wildman–Crippen MR) is 116 cm³/mol. The zero-order valence-corrected chi connectivity index (χ0v) is 18.8. The Hall–Kier alpha value is -2.03. The maximum absolute atomic E-state index is 14.4. The second kappa shape index (κ2) is 6.74. The van der Waals surface area contributed by atoms with Crippen molar-refractivity contribution in [3.63, 3.8) is 0 Å². The highest BCUT2D eigenvalue weighted by Gasteiger charge is 2.51. The highest BCUT2D eigenvalue weighted by molar-refractivity contribution is 7.14. The topological polar surface area (TPSA) is 64.6 Å². The number of carbonyl (C=O) groups is 2. The van der Waals surface area contributed by atoms with Crippen LogP contribution in [0.4, 0.5) is 10.1 Å². The number of halogens is 1. The number of rotatable bonds is 3. The van der Waals surface area contributed by atoms with Crippen LogP contribution in [0.25, 0.3) is 0 Å². The molecule has 1 aliphatic heterocycles. The molecule has 0 spiro atoms. The van der Waals surface area contributed by atoms with E-state index in [1.54, 1.807) is 12.1 Å². The van der Waals surface area contributed by atoms with Gasteiger partial charge in [-0.25, -0.2) is 4.39 Å². The van der Waals surface area contributed by atoms with E-state index in [9.17, 15) is 14.0 Å². The fourth-order valence-corrected chi connectivity index (χ4v) is 4.94. The van der Waals surface area contributed by atoms with Gasteiger partial charge in [0.05, 0.1) is 21.8 Å². The zero-order valence-electron chi connectivity index (χ0n) is 18.0. The SMILES string of the molecule is CC1(C)Cc2sc(C(=O)Nc3cc(B4OC(C)(C)C(C)(C)O4)ccc3F)cc2C1=O. The van der Waals surface area contributed by atoms with E-state index in [0.717, 1.165) is 4.88 Å². The maximum atomic E-state index is 14.4. The highest BCUT2D eigenvalue weighted by Crippen LogP contribution is 2.41. The third kappa shape index (κ3) is 3.41. The number of Topliss-reactive ketones (excluding diaryl/α,β-unsaturated/α-hetero) is 1. The molecule has 0 saturated carbocycles. The number of hydrogen-bond donors (Lipinski definition) is 1. The van der Waals surface area contributed by atoms with Crippen molar-refractivity contribution < 1.29 is 23.3 Å². The van der Waals surface area contributed by atoms with Gasteiger partial charge < -0.3 is 14.6 Å². The summed E-state index contributed by atoms with van der Waals surface area (Å²) in [4.78, 5) is 26.5. The summed E-state index contributed by atoms with van der Waals surface area (Å²) in [5.74, 6) is -0.948. The van der Waals surface area contributed by atoms with Crippen LogP contribution in [0.2, 0.25) is 0 Å². The largest absolute Gasteiger partial charge is 0.494 e. The van der Waals surface area contributed by atoms with Gasteiger partial charge in [0.1, 0.15) is 5.82 Å². The molecular weight excluding hydrogens is 404 g/mol. The molecule has 2 aromatic rings. The molecule has 1 aliphatic carbocycles. The fourth-order valence-electron chi connectivity index (χ4n) is 3.66. The quantitative estimate of drug-likeness (QED) is 0.743. The summed E-state index contributed by atoms with van der Waals surface area (Å²) in [7, 11) is -0.656. The number of anilines is 1. The Kier molecular flexibility index (Phi) is 4.76. The molecule has 1 fully saturated rings. The summed E-state index contributed by atoms with van der Waals surface area (Å²) in [5.41, 5.74) is -0.204. The first-order valence-electron chi connectivity index (χ1n) is 9.95. The maximum Gasteiger partial charge on any atom is 0.494 e. The van der Waals surface area contributed by atoms with Crippen molar-refractivity contribution in [3.8, 4) is 0 Å². The van der Waals surface area contributed by atoms with Gasteiger partial charge in [0.2, 0.25) is 0 Å². The lowest BCUT2D eigenvalue weighted by Gasteiger charge is -2.32. The Morgan fingerprint density at radius 1 is 1.10 bits per heavy atom. The number of benzene rings is 1. The van der Waals surface area contributed by atoms with Crippen LogP contribution in [0.15, 0.2) is 24.3 Å². The molecule has 1 saturated heterocycles. The summed E-state index contributed by atoms with van der Waals surface area (Å²) in [6.45, 7) is 11.6. The van der Waals surface area contributed by atoms with Crippen molar-refractivity contribution in [2.75, 3.05) is 5.32 Å². The van der Waals surface area contributed by atoms with Crippen molar-refractivity contribution in [2.24, 2.45) is 5.41 Å². The van der Waals surface area contributed by atoms with Gasteiger partial charge in [-0.3, -0.25) is 9.59 Å². The monoisotopic (exact) mass is 429 g/mol. The fraction of sp³-hybridized carbons (Fsp3) is 0.455. The lowest BCUT2D eigenvalue weighted by Crippen LogP contribution is -2.41. The third-order valence-corrected chi connectivity index (χ3v) is 7.39. The molecule has 0 radical (unpaired) electrons.